The van der Waals surface area contributed by atoms with Crippen molar-refractivity contribution in [2.45, 2.75) is 13.0 Å². The number of nitrogens with zero attached hydrogens (tertiary/aromatic N) is 1. The molecule has 0 aliphatic carbocycles. The molecular weight excluding hydrogens is 264 g/mol. The second-order valence-corrected chi connectivity index (χ2v) is 3.84. The van der Waals surface area contributed by atoms with Crippen LogP contribution < -0.4 is 5.32 Å². The number of carboxylic acid groups (broad SMARTS) is 1. The lowest BCUT2D eigenvalue weighted by molar-refractivity contribution is -0.138. The van der Waals surface area contributed by atoms with E-state index in [9.17, 15) is 9.59 Å². The van der Waals surface area contributed by atoms with Crippen LogP contribution in [0.4, 0.5) is 0 Å². The van der Waals surface area contributed by atoms with Gasteiger partial charge in [0.15, 0.2) is 0 Å². The van der Waals surface area contributed by atoms with Gasteiger partial charge in [-0.05, 0) is 28.9 Å². The van der Waals surface area contributed by atoms with Gasteiger partial charge in [-0.15, -0.1) is 0 Å². The van der Waals surface area contributed by atoms with Crippen LogP contribution in [-0.4, -0.2) is 28.0 Å². The first-order chi connectivity index (χ1) is 7.00. The Kier molecular flexibility index (Phi) is 3.79. The van der Waals surface area contributed by atoms with E-state index in [1.54, 1.807) is 6.07 Å². The normalized spacial score (nSPS) is 11.9. The quantitative estimate of drug-likeness (QED) is 0.862. The summed E-state index contributed by atoms with van der Waals surface area (Å²) in [5.41, 5.74) is 0.317. The number of pyridine rings is 1. The second kappa shape index (κ2) is 4.88. The fourth-order valence-electron chi connectivity index (χ4n) is 0.878. The number of carboxylic acids is 1. The molecule has 1 heterocycles. The van der Waals surface area contributed by atoms with Crippen molar-refractivity contribution in [1.82, 2.24) is 10.3 Å². The topological polar surface area (TPSA) is 79.3 Å². The molecule has 0 fully saturated rings. The van der Waals surface area contributed by atoms with E-state index in [4.69, 9.17) is 5.11 Å². The van der Waals surface area contributed by atoms with Gasteiger partial charge in [0.2, 0.25) is 0 Å². The molecule has 15 heavy (non-hydrogen) atoms. The van der Waals surface area contributed by atoms with Crippen LogP contribution in [0.15, 0.2) is 22.9 Å². The van der Waals surface area contributed by atoms with E-state index in [1.807, 2.05) is 0 Å². The van der Waals surface area contributed by atoms with Crippen LogP contribution in [0.5, 0.6) is 0 Å². The van der Waals surface area contributed by atoms with Crippen LogP contribution in [0.3, 0.4) is 0 Å². The molecule has 6 heteroatoms. The lowest BCUT2D eigenvalue weighted by Gasteiger charge is -2.08. The molecular formula is C9H9BrN2O3. The van der Waals surface area contributed by atoms with Gasteiger partial charge in [0, 0.05) is 16.9 Å². The fourth-order valence-corrected chi connectivity index (χ4v) is 1.24. The minimum atomic E-state index is -1.08. The van der Waals surface area contributed by atoms with Crippen LogP contribution in [0.1, 0.15) is 17.3 Å². The van der Waals surface area contributed by atoms with E-state index in [0.29, 0.717) is 10.0 Å². The number of carbonyl (C=O) groups is 2. The largest absolute Gasteiger partial charge is 0.480 e. The second-order valence-electron chi connectivity index (χ2n) is 2.93. The standard InChI is InChI=1S/C9H9BrN2O3/c1-5(9(14)15)12-8(13)6-2-7(10)4-11-3-6/h2-5H,1H3,(H,12,13)(H,14,15)/t5-/m1/s1. The van der Waals surface area contributed by atoms with Crippen molar-refractivity contribution < 1.29 is 14.7 Å². The molecule has 1 aromatic rings. The maximum absolute atomic E-state index is 11.5. The van der Waals surface area contributed by atoms with E-state index < -0.39 is 17.9 Å². The molecule has 0 saturated heterocycles. The maximum Gasteiger partial charge on any atom is 0.325 e. The third-order valence-electron chi connectivity index (χ3n) is 1.69. The number of halogens is 1. The monoisotopic (exact) mass is 272 g/mol. The van der Waals surface area contributed by atoms with E-state index in [0.717, 1.165) is 0 Å². The third-order valence-corrected chi connectivity index (χ3v) is 2.12. The Morgan fingerprint density at radius 2 is 2.20 bits per heavy atom. The van der Waals surface area contributed by atoms with Crippen LogP contribution in [0.2, 0.25) is 0 Å². The van der Waals surface area contributed by atoms with Gasteiger partial charge in [-0.3, -0.25) is 14.6 Å². The highest BCUT2D eigenvalue weighted by molar-refractivity contribution is 9.10. The highest BCUT2D eigenvalue weighted by atomic mass is 79.9. The zero-order valence-corrected chi connectivity index (χ0v) is 9.48. The zero-order chi connectivity index (χ0) is 11.4. The molecule has 1 atom stereocenters. The molecule has 5 nitrogen and oxygen atoms in total. The molecule has 1 amide bonds. The number of carbonyl (C=O) groups excluding carboxylic acids is 1. The number of aromatic nitrogens is 1. The maximum atomic E-state index is 11.5. The summed E-state index contributed by atoms with van der Waals surface area (Å²) in [6.07, 6.45) is 2.91. The summed E-state index contributed by atoms with van der Waals surface area (Å²) in [7, 11) is 0. The van der Waals surface area contributed by atoms with Crippen LogP contribution >= 0.6 is 15.9 Å². The Balaban J connectivity index is 2.73. The Morgan fingerprint density at radius 3 is 2.73 bits per heavy atom. The number of aliphatic carboxylic acids is 1. The van der Waals surface area contributed by atoms with Gasteiger partial charge >= 0.3 is 5.97 Å². The van der Waals surface area contributed by atoms with Crippen molar-refractivity contribution in [3.63, 3.8) is 0 Å². The summed E-state index contributed by atoms with van der Waals surface area (Å²) >= 11 is 3.17. The van der Waals surface area contributed by atoms with Gasteiger partial charge in [-0.25, -0.2) is 0 Å². The summed E-state index contributed by atoms with van der Waals surface area (Å²) in [6, 6.07) is 0.646. The minimum Gasteiger partial charge on any atom is -0.480 e. The van der Waals surface area contributed by atoms with Gasteiger partial charge in [-0.2, -0.15) is 0 Å². The van der Waals surface area contributed by atoms with E-state index >= 15 is 0 Å². The number of rotatable bonds is 3. The predicted octanol–water partition coefficient (Wildman–Crippen LogP) is 1.05. The van der Waals surface area contributed by atoms with Crippen molar-refractivity contribution in [3.8, 4) is 0 Å². The molecule has 0 saturated carbocycles. The molecule has 0 radical (unpaired) electrons. The van der Waals surface area contributed by atoms with Crippen molar-refractivity contribution in [3.05, 3.63) is 28.5 Å². The molecule has 0 bridgehead atoms. The van der Waals surface area contributed by atoms with Crippen molar-refractivity contribution in [2.24, 2.45) is 0 Å². The Bertz CT molecular complexity index is 395. The van der Waals surface area contributed by atoms with Gasteiger partial charge in [0.25, 0.3) is 5.91 Å². The highest BCUT2D eigenvalue weighted by Crippen LogP contribution is 2.09. The van der Waals surface area contributed by atoms with E-state index in [2.05, 4.69) is 26.2 Å². The summed E-state index contributed by atoms with van der Waals surface area (Å²) < 4.78 is 0.665. The Morgan fingerprint density at radius 1 is 1.53 bits per heavy atom. The SMILES string of the molecule is C[C@@H](NC(=O)c1cncc(Br)c1)C(=O)O. The average Bonchev–Trinajstić information content (AvgIpc) is 2.17. The first-order valence-electron chi connectivity index (χ1n) is 4.15. The zero-order valence-electron chi connectivity index (χ0n) is 7.90. The highest BCUT2D eigenvalue weighted by Gasteiger charge is 2.15. The average molecular weight is 273 g/mol. The molecule has 0 aromatic carbocycles. The lowest BCUT2D eigenvalue weighted by atomic mass is 10.2. The fraction of sp³-hybridized carbons (Fsp3) is 0.222. The van der Waals surface area contributed by atoms with Crippen molar-refractivity contribution in [1.29, 1.82) is 0 Å². The first-order valence-corrected chi connectivity index (χ1v) is 4.94. The summed E-state index contributed by atoms with van der Waals surface area (Å²) in [6.45, 7) is 1.39. The minimum absolute atomic E-state index is 0.317. The molecule has 0 spiro atoms. The van der Waals surface area contributed by atoms with Crippen molar-refractivity contribution >= 4 is 27.8 Å². The van der Waals surface area contributed by atoms with Crippen molar-refractivity contribution in [2.75, 3.05) is 0 Å². The van der Waals surface area contributed by atoms with Gasteiger partial charge in [-0.1, -0.05) is 0 Å². The Labute approximate surface area is 94.6 Å². The number of hydrogen-bond acceptors (Lipinski definition) is 3. The number of nitrogens with one attached hydrogen (secondary N) is 1. The third kappa shape index (κ3) is 3.32. The molecule has 0 unspecified atom stereocenters. The van der Waals surface area contributed by atoms with Gasteiger partial charge in [0.1, 0.15) is 6.04 Å². The smallest absolute Gasteiger partial charge is 0.325 e. The van der Waals surface area contributed by atoms with E-state index in [1.165, 1.54) is 19.3 Å². The molecule has 0 aliphatic rings. The molecule has 80 valence electrons. The molecule has 0 aliphatic heterocycles. The van der Waals surface area contributed by atoms with Gasteiger partial charge < -0.3 is 10.4 Å². The van der Waals surface area contributed by atoms with Crippen LogP contribution in [0, 0.1) is 0 Å². The Hall–Kier alpha value is -1.43. The summed E-state index contributed by atoms with van der Waals surface area (Å²) in [5, 5.41) is 10.9. The van der Waals surface area contributed by atoms with Crippen LogP contribution in [0.25, 0.3) is 0 Å². The molecule has 1 rings (SSSR count). The van der Waals surface area contributed by atoms with E-state index in [-0.39, 0.29) is 0 Å². The van der Waals surface area contributed by atoms with Crippen LogP contribution in [-0.2, 0) is 4.79 Å². The molecule has 1 aromatic heterocycles. The summed E-state index contributed by atoms with van der Waals surface area (Å²) in [5.74, 6) is -1.54. The predicted molar refractivity (Wildman–Crippen MR) is 56.5 cm³/mol. The molecule has 2 N–H and O–H groups in total. The summed E-state index contributed by atoms with van der Waals surface area (Å²) in [4.78, 5) is 25.8. The lowest BCUT2D eigenvalue weighted by Crippen LogP contribution is -2.38. The van der Waals surface area contributed by atoms with Gasteiger partial charge in [0.05, 0.1) is 5.56 Å². The number of amides is 1. The first kappa shape index (κ1) is 11.6. The number of hydrogen-bond donors (Lipinski definition) is 2.